The molecule has 0 spiro atoms. The number of aromatic nitrogens is 1. The van der Waals surface area contributed by atoms with Crippen LogP contribution < -0.4 is 0 Å². The smallest absolute Gasteiger partial charge is 0.217 e. The molecule has 7 heteroatoms. The van der Waals surface area contributed by atoms with Crippen LogP contribution in [0.4, 0.5) is 0 Å². The molecule has 2 bridgehead atoms. The summed E-state index contributed by atoms with van der Waals surface area (Å²) in [4.78, 5) is 4.10. The Labute approximate surface area is 170 Å². The molecule has 1 N–H and O–H groups in total. The van der Waals surface area contributed by atoms with Crippen LogP contribution in [0.15, 0.2) is 24.5 Å². The molecule has 0 aromatic carbocycles. The first-order chi connectivity index (χ1) is 13.7. The van der Waals surface area contributed by atoms with Gasteiger partial charge in [-0.25, -0.2) is 0 Å². The van der Waals surface area contributed by atoms with Gasteiger partial charge < -0.3 is 9.47 Å². The van der Waals surface area contributed by atoms with E-state index in [1.807, 2.05) is 0 Å². The zero-order valence-electron chi connectivity index (χ0n) is 16.8. The fraction of sp³-hybridized carbons (Fsp3) is 0.591. The lowest BCUT2D eigenvalue weighted by Gasteiger charge is -2.54. The maximum atomic E-state index is 10.4. The van der Waals surface area contributed by atoms with E-state index in [9.17, 15) is 15.8 Å². The molecule has 1 aromatic rings. The molecule has 4 rings (SSSR count). The molecule has 2 aliphatic heterocycles. The van der Waals surface area contributed by atoms with E-state index in [4.69, 9.17) is 14.9 Å². The van der Waals surface area contributed by atoms with E-state index < -0.39 is 28.6 Å². The molecule has 3 fully saturated rings. The van der Waals surface area contributed by atoms with Gasteiger partial charge in [0.2, 0.25) is 17.1 Å². The number of hydrogen-bond acceptors (Lipinski definition) is 7. The van der Waals surface area contributed by atoms with E-state index in [-0.39, 0.29) is 17.2 Å². The quantitative estimate of drug-likeness (QED) is 0.777. The van der Waals surface area contributed by atoms with Gasteiger partial charge in [-0.3, -0.25) is 10.4 Å². The second-order valence-electron chi connectivity index (χ2n) is 9.37. The number of ether oxygens (including phenoxy) is 2. The van der Waals surface area contributed by atoms with Crippen LogP contribution in [0, 0.1) is 67.5 Å². The van der Waals surface area contributed by atoms with Crippen molar-refractivity contribution in [2.45, 2.75) is 51.9 Å². The van der Waals surface area contributed by atoms with Gasteiger partial charge in [0.05, 0.1) is 24.1 Å². The number of rotatable bonds is 1. The Morgan fingerprint density at radius 3 is 2.48 bits per heavy atom. The van der Waals surface area contributed by atoms with Crippen molar-refractivity contribution in [1.29, 1.82) is 21.2 Å². The van der Waals surface area contributed by atoms with Gasteiger partial charge in [0.1, 0.15) is 6.10 Å². The minimum Gasteiger partial charge on any atom is -0.447 e. The lowest BCUT2D eigenvalue weighted by molar-refractivity contribution is -0.301. The molecule has 1 saturated carbocycles. The predicted octanol–water partition coefficient (Wildman–Crippen LogP) is 3.86. The van der Waals surface area contributed by atoms with Gasteiger partial charge in [-0.05, 0) is 30.2 Å². The Hall–Kier alpha value is -2.95. The zero-order chi connectivity index (χ0) is 21.1. The molecule has 1 aromatic heterocycles. The Kier molecular flexibility index (Phi) is 4.02. The highest BCUT2D eigenvalue weighted by atomic mass is 16.7. The van der Waals surface area contributed by atoms with Crippen molar-refractivity contribution < 1.29 is 9.47 Å². The summed E-state index contributed by atoms with van der Waals surface area (Å²) in [6, 6.07) is 9.83. The first-order valence-electron chi connectivity index (χ1n) is 9.80. The summed E-state index contributed by atoms with van der Waals surface area (Å²) in [5.74, 6) is -1.80. The van der Waals surface area contributed by atoms with Gasteiger partial charge in [-0.1, -0.05) is 26.8 Å². The maximum absolute atomic E-state index is 10.4. The molecule has 148 valence electrons. The highest BCUT2D eigenvalue weighted by Crippen LogP contribution is 2.70. The molecule has 1 aliphatic carbocycles. The highest BCUT2D eigenvalue weighted by Gasteiger charge is 2.81. The third-order valence-corrected chi connectivity index (χ3v) is 7.12. The van der Waals surface area contributed by atoms with Crippen LogP contribution >= 0.6 is 0 Å². The van der Waals surface area contributed by atoms with Gasteiger partial charge >= 0.3 is 0 Å². The van der Waals surface area contributed by atoms with Crippen LogP contribution in [0.25, 0.3) is 0 Å². The molecule has 7 nitrogen and oxygen atoms in total. The van der Waals surface area contributed by atoms with Crippen molar-refractivity contribution >= 4 is 5.90 Å². The summed E-state index contributed by atoms with van der Waals surface area (Å²) in [7, 11) is 0. The predicted molar refractivity (Wildman–Crippen MR) is 102 cm³/mol. The summed E-state index contributed by atoms with van der Waals surface area (Å²) >= 11 is 0. The van der Waals surface area contributed by atoms with Crippen molar-refractivity contribution in [3.05, 3.63) is 30.1 Å². The largest absolute Gasteiger partial charge is 0.447 e. The topological polar surface area (TPSA) is 127 Å². The number of pyridine rings is 1. The van der Waals surface area contributed by atoms with Crippen LogP contribution in [0.5, 0.6) is 0 Å². The Balaban J connectivity index is 1.95. The molecule has 3 heterocycles. The molecular weight excluding hydrogens is 366 g/mol. The molecule has 5 unspecified atom stereocenters. The maximum Gasteiger partial charge on any atom is 0.217 e. The first-order valence-corrected chi connectivity index (χ1v) is 9.80. The summed E-state index contributed by atoms with van der Waals surface area (Å²) in [6.07, 6.45) is 3.99. The van der Waals surface area contributed by atoms with Gasteiger partial charge in [-0.2, -0.15) is 15.8 Å². The lowest BCUT2D eigenvalue weighted by atomic mass is 9.49. The van der Waals surface area contributed by atoms with E-state index in [2.05, 4.69) is 44.0 Å². The lowest BCUT2D eigenvalue weighted by Crippen LogP contribution is -2.61. The second-order valence-corrected chi connectivity index (χ2v) is 9.37. The van der Waals surface area contributed by atoms with Crippen LogP contribution in [0.2, 0.25) is 0 Å². The van der Waals surface area contributed by atoms with Crippen molar-refractivity contribution in [3.8, 4) is 18.2 Å². The van der Waals surface area contributed by atoms with Crippen molar-refractivity contribution in [3.63, 3.8) is 0 Å². The summed E-state index contributed by atoms with van der Waals surface area (Å²) in [6.45, 7) is 6.44. The molecule has 5 atom stereocenters. The normalized spacial score (nSPS) is 37.4. The van der Waals surface area contributed by atoms with E-state index in [1.165, 1.54) is 0 Å². The SMILES string of the molecule is CC(C)(C)C1CCC23OC(=N)C(C#N)(C2C1)C(C#N)(C#N)C(c1cccnc1)O3. The molecular formula is C22H23N5O2. The first kappa shape index (κ1) is 19.4. The average Bonchev–Trinajstić information content (AvgIpc) is 2.91. The third kappa shape index (κ3) is 2.24. The van der Waals surface area contributed by atoms with Crippen molar-refractivity contribution in [2.24, 2.45) is 28.1 Å². The molecule has 2 saturated heterocycles. The molecule has 29 heavy (non-hydrogen) atoms. The van der Waals surface area contributed by atoms with Crippen molar-refractivity contribution in [2.75, 3.05) is 0 Å². The van der Waals surface area contributed by atoms with Gasteiger partial charge in [0, 0.05) is 24.4 Å². The molecule has 0 radical (unpaired) electrons. The third-order valence-electron chi connectivity index (χ3n) is 7.12. The zero-order valence-corrected chi connectivity index (χ0v) is 16.8. The number of nitrogens with zero attached hydrogens (tertiary/aromatic N) is 4. The van der Waals surface area contributed by atoms with Crippen molar-refractivity contribution in [1.82, 2.24) is 4.98 Å². The van der Waals surface area contributed by atoms with E-state index in [1.54, 1.807) is 24.5 Å². The monoisotopic (exact) mass is 389 g/mol. The van der Waals surface area contributed by atoms with E-state index >= 15 is 0 Å². The van der Waals surface area contributed by atoms with Gasteiger partial charge in [0.25, 0.3) is 0 Å². The van der Waals surface area contributed by atoms with Crippen LogP contribution in [0.3, 0.4) is 0 Å². The number of nitrogens with one attached hydrogen (secondary N) is 1. The standard InChI is InChI=1S/C22H23N5O2/c1-19(2,3)15-6-7-22-16(9-15)21(13-25,18(26)29-22)20(11-23,12-24)17(28-22)14-5-4-8-27-10-14/h4-5,8,10,15-17,26H,6-7,9H2,1-3H3. The summed E-state index contributed by atoms with van der Waals surface area (Å²) < 4.78 is 12.4. The van der Waals surface area contributed by atoms with E-state index in [0.717, 1.165) is 6.42 Å². The summed E-state index contributed by atoms with van der Waals surface area (Å²) in [5.41, 5.74) is -3.09. The second kappa shape index (κ2) is 6.02. The van der Waals surface area contributed by atoms with Crippen LogP contribution in [0.1, 0.15) is 51.7 Å². The van der Waals surface area contributed by atoms with Crippen LogP contribution in [-0.4, -0.2) is 16.7 Å². The highest BCUT2D eigenvalue weighted by molar-refractivity contribution is 5.89. The fourth-order valence-electron chi connectivity index (χ4n) is 5.46. The minimum absolute atomic E-state index is 0.0119. The Morgan fingerprint density at radius 1 is 1.21 bits per heavy atom. The number of nitriles is 3. The Morgan fingerprint density at radius 2 is 1.93 bits per heavy atom. The summed E-state index contributed by atoms with van der Waals surface area (Å²) in [5, 5.41) is 39.5. The fourth-order valence-corrected chi connectivity index (χ4v) is 5.46. The molecule has 0 amide bonds. The Bertz CT molecular complexity index is 966. The number of hydrogen-bond donors (Lipinski definition) is 1. The van der Waals surface area contributed by atoms with Gasteiger partial charge in [-0.15, -0.1) is 0 Å². The van der Waals surface area contributed by atoms with Crippen LogP contribution in [-0.2, 0) is 9.47 Å². The minimum atomic E-state index is -1.91. The average molecular weight is 389 g/mol. The molecule has 3 aliphatic rings. The van der Waals surface area contributed by atoms with E-state index in [0.29, 0.717) is 18.4 Å². The van der Waals surface area contributed by atoms with Gasteiger partial charge in [0.15, 0.2) is 5.41 Å².